The van der Waals surface area contributed by atoms with Crippen LogP contribution in [0.1, 0.15) is 0 Å². The highest BCUT2D eigenvalue weighted by Gasteiger charge is 2.19. The van der Waals surface area contributed by atoms with Gasteiger partial charge in [0.2, 0.25) is 0 Å². The molecule has 0 atom stereocenters. The standard InChI is InChI=1S/C27H16N4S/c1-2-6-17(7-3-1)20-11-13-22-26(30-20)25-21(31(22)24-16-28-14-15-29-24)12-10-19-18-8-4-5-9-23(18)32-27(19)25/h1-16H. The first-order valence-corrected chi connectivity index (χ1v) is 11.3. The van der Waals surface area contributed by atoms with Crippen molar-refractivity contribution in [1.29, 1.82) is 0 Å². The van der Waals surface area contributed by atoms with Crippen molar-refractivity contribution < 1.29 is 0 Å². The van der Waals surface area contributed by atoms with Crippen LogP contribution in [0.4, 0.5) is 0 Å². The Hall–Kier alpha value is -4.09. The molecule has 0 spiro atoms. The van der Waals surface area contributed by atoms with Crippen molar-refractivity contribution in [3.63, 3.8) is 0 Å². The average molecular weight is 429 g/mol. The Morgan fingerprint density at radius 3 is 2.44 bits per heavy atom. The zero-order valence-corrected chi connectivity index (χ0v) is 17.8. The van der Waals surface area contributed by atoms with E-state index in [1.807, 2.05) is 29.5 Å². The van der Waals surface area contributed by atoms with E-state index in [1.165, 1.54) is 25.6 Å². The third-order valence-electron chi connectivity index (χ3n) is 5.97. The van der Waals surface area contributed by atoms with Crippen LogP contribution >= 0.6 is 11.3 Å². The van der Waals surface area contributed by atoms with Gasteiger partial charge in [-0.15, -0.1) is 11.3 Å². The number of nitrogens with zero attached hydrogens (tertiary/aromatic N) is 4. The number of thiophene rings is 1. The number of hydrogen-bond donors (Lipinski definition) is 0. The van der Waals surface area contributed by atoms with Gasteiger partial charge in [-0.1, -0.05) is 54.6 Å². The molecule has 7 rings (SSSR count). The van der Waals surface area contributed by atoms with Crippen molar-refractivity contribution >= 4 is 53.4 Å². The van der Waals surface area contributed by atoms with E-state index in [0.717, 1.165) is 33.6 Å². The van der Waals surface area contributed by atoms with Crippen LogP contribution in [-0.4, -0.2) is 19.5 Å². The first kappa shape index (κ1) is 17.6. The van der Waals surface area contributed by atoms with Gasteiger partial charge in [-0.05, 0) is 24.3 Å². The van der Waals surface area contributed by atoms with Gasteiger partial charge in [-0.3, -0.25) is 9.55 Å². The van der Waals surface area contributed by atoms with E-state index in [0.29, 0.717) is 0 Å². The number of pyridine rings is 1. The summed E-state index contributed by atoms with van der Waals surface area (Å²) in [6.45, 7) is 0. The molecule has 0 radical (unpaired) electrons. The van der Waals surface area contributed by atoms with Crippen LogP contribution in [0.3, 0.4) is 0 Å². The van der Waals surface area contributed by atoms with Crippen molar-refractivity contribution in [2.75, 3.05) is 0 Å². The maximum absolute atomic E-state index is 5.18. The normalized spacial score (nSPS) is 11.8. The Bertz CT molecular complexity index is 1770. The van der Waals surface area contributed by atoms with Gasteiger partial charge >= 0.3 is 0 Å². The Morgan fingerprint density at radius 1 is 0.719 bits per heavy atom. The van der Waals surface area contributed by atoms with Crippen LogP contribution in [0, 0.1) is 0 Å². The van der Waals surface area contributed by atoms with Crippen LogP contribution in [-0.2, 0) is 0 Å². The fourth-order valence-corrected chi connectivity index (χ4v) is 5.81. The van der Waals surface area contributed by atoms with Crippen molar-refractivity contribution in [1.82, 2.24) is 19.5 Å². The monoisotopic (exact) mass is 428 g/mol. The van der Waals surface area contributed by atoms with Gasteiger partial charge in [-0.25, -0.2) is 9.97 Å². The van der Waals surface area contributed by atoms with E-state index in [4.69, 9.17) is 4.98 Å². The van der Waals surface area contributed by atoms with Crippen molar-refractivity contribution in [3.8, 4) is 17.1 Å². The fourth-order valence-electron chi connectivity index (χ4n) is 4.56. The van der Waals surface area contributed by atoms with E-state index in [9.17, 15) is 0 Å². The van der Waals surface area contributed by atoms with Gasteiger partial charge in [0.25, 0.3) is 0 Å². The second kappa shape index (κ2) is 6.70. The quantitative estimate of drug-likeness (QED) is 0.298. The molecule has 4 aromatic heterocycles. The molecule has 32 heavy (non-hydrogen) atoms. The molecular weight excluding hydrogens is 412 g/mol. The molecule has 0 aliphatic rings. The Balaban J connectivity index is 1.68. The maximum Gasteiger partial charge on any atom is 0.156 e. The molecule has 0 aliphatic carbocycles. The van der Waals surface area contributed by atoms with E-state index in [-0.39, 0.29) is 0 Å². The first-order valence-electron chi connectivity index (χ1n) is 10.5. The molecule has 4 heterocycles. The van der Waals surface area contributed by atoms with Crippen LogP contribution in [0.5, 0.6) is 0 Å². The predicted octanol–water partition coefficient (Wildman–Crippen LogP) is 7.00. The fraction of sp³-hybridized carbons (Fsp3) is 0. The molecule has 5 heteroatoms. The van der Waals surface area contributed by atoms with Gasteiger partial charge in [0, 0.05) is 43.5 Å². The van der Waals surface area contributed by atoms with E-state index in [1.54, 1.807) is 18.6 Å². The van der Waals surface area contributed by atoms with E-state index >= 15 is 0 Å². The van der Waals surface area contributed by atoms with E-state index < -0.39 is 0 Å². The summed E-state index contributed by atoms with van der Waals surface area (Å²) in [4.78, 5) is 14.1. The van der Waals surface area contributed by atoms with Gasteiger partial charge in [0.1, 0.15) is 0 Å². The molecule has 150 valence electrons. The number of hydrogen-bond acceptors (Lipinski definition) is 4. The second-order valence-electron chi connectivity index (χ2n) is 7.76. The topological polar surface area (TPSA) is 43.6 Å². The third-order valence-corrected chi connectivity index (χ3v) is 7.17. The lowest BCUT2D eigenvalue weighted by molar-refractivity contribution is 1.04. The molecule has 7 aromatic rings. The highest BCUT2D eigenvalue weighted by Crippen LogP contribution is 2.42. The molecule has 0 saturated carbocycles. The maximum atomic E-state index is 5.18. The summed E-state index contributed by atoms with van der Waals surface area (Å²) in [6.07, 6.45) is 5.24. The predicted molar refractivity (Wildman–Crippen MR) is 132 cm³/mol. The summed E-state index contributed by atoms with van der Waals surface area (Å²) < 4.78 is 4.71. The van der Waals surface area contributed by atoms with Crippen molar-refractivity contribution in [2.45, 2.75) is 0 Å². The molecular formula is C27H16N4S. The van der Waals surface area contributed by atoms with Crippen LogP contribution in [0.15, 0.2) is 97.5 Å². The zero-order valence-electron chi connectivity index (χ0n) is 16.9. The molecule has 0 fully saturated rings. The van der Waals surface area contributed by atoms with Crippen LogP contribution in [0.25, 0.3) is 59.2 Å². The number of rotatable bonds is 2. The minimum Gasteiger partial charge on any atom is -0.291 e. The molecule has 3 aromatic carbocycles. The van der Waals surface area contributed by atoms with Crippen LogP contribution < -0.4 is 0 Å². The highest BCUT2D eigenvalue weighted by atomic mass is 32.1. The number of benzene rings is 3. The minimum absolute atomic E-state index is 0.794. The molecule has 0 amide bonds. The third kappa shape index (κ3) is 2.46. The summed E-state index contributed by atoms with van der Waals surface area (Å²) in [6, 6.07) is 27.6. The summed E-state index contributed by atoms with van der Waals surface area (Å²) >= 11 is 1.83. The largest absolute Gasteiger partial charge is 0.291 e. The highest BCUT2D eigenvalue weighted by molar-refractivity contribution is 7.26. The number of fused-ring (bicyclic) bond motifs is 7. The number of aromatic nitrogens is 4. The van der Waals surface area contributed by atoms with E-state index in [2.05, 4.69) is 75.2 Å². The lowest BCUT2D eigenvalue weighted by Crippen LogP contribution is -1.97. The Morgan fingerprint density at radius 2 is 1.56 bits per heavy atom. The Kier molecular flexibility index (Phi) is 3.68. The van der Waals surface area contributed by atoms with Crippen molar-refractivity contribution in [3.05, 3.63) is 97.5 Å². The lowest BCUT2D eigenvalue weighted by atomic mass is 10.1. The summed E-state index contributed by atoms with van der Waals surface area (Å²) in [5, 5.41) is 3.72. The summed E-state index contributed by atoms with van der Waals surface area (Å²) in [7, 11) is 0. The summed E-state index contributed by atoms with van der Waals surface area (Å²) in [5.74, 6) is 0.794. The van der Waals surface area contributed by atoms with Crippen LogP contribution in [0.2, 0.25) is 0 Å². The first-order chi connectivity index (χ1) is 15.9. The summed E-state index contributed by atoms with van der Waals surface area (Å²) in [5.41, 5.74) is 5.19. The van der Waals surface area contributed by atoms with Crippen molar-refractivity contribution in [2.24, 2.45) is 0 Å². The van der Waals surface area contributed by atoms with Gasteiger partial charge in [0.15, 0.2) is 5.82 Å². The second-order valence-corrected chi connectivity index (χ2v) is 8.82. The molecule has 0 saturated heterocycles. The smallest absolute Gasteiger partial charge is 0.156 e. The Labute approximate surface area is 187 Å². The molecule has 0 unspecified atom stereocenters. The van der Waals surface area contributed by atoms with Gasteiger partial charge in [0.05, 0.1) is 28.4 Å². The SMILES string of the molecule is c1ccc(-c2ccc3c(n2)c2c4sc5ccccc5c4ccc2n3-c2cnccn2)cc1. The average Bonchev–Trinajstić information content (AvgIpc) is 3.40. The molecule has 4 nitrogen and oxygen atoms in total. The van der Waals surface area contributed by atoms with Gasteiger partial charge < -0.3 is 0 Å². The van der Waals surface area contributed by atoms with Gasteiger partial charge in [-0.2, -0.15) is 0 Å². The lowest BCUT2D eigenvalue weighted by Gasteiger charge is -2.06. The minimum atomic E-state index is 0.794. The molecule has 0 bridgehead atoms. The molecule has 0 N–H and O–H groups in total. The zero-order chi connectivity index (χ0) is 21.1. The molecule has 0 aliphatic heterocycles.